The topological polar surface area (TPSA) is 76.4 Å². The van der Waals surface area contributed by atoms with Crippen LogP contribution in [-0.4, -0.2) is 34.2 Å². The molecular formula is C18H19N3O3. The number of nitrogens with zero attached hydrogens (tertiary/aromatic N) is 2. The standard InChI is InChI=1S/C18H19N3O3/c1-12-20-15-5-3-4-6-16(15)21(12)10-9-19-18(23)14-8-7-13(24-2)11-17(14)22/h3-8,11,22H,9-10H2,1-2H3,(H,19,23). The molecule has 0 aliphatic rings. The smallest absolute Gasteiger partial charge is 0.255 e. The van der Waals surface area contributed by atoms with Crippen LogP contribution in [0.5, 0.6) is 11.5 Å². The Balaban J connectivity index is 1.67. The van der Waals surface area contributed by atoms with E-state index in [0.29, 0.717) is 18.8 Å². The summed E-state index contributed by atoms with van der Waals surface area (Å²) in [6, 6.07) is 12.5. The van der Waals surface area contributed by atoms with Crippen LogP contribution in [0.4, 0.5) is 0 Å². The lowest BCUT2D eigenvalue weighted by Gasteiger charge is -2.10. The van der Waals surface area contributed by atoms with Crippen LogP contribution in [0.1, 0.15) is 16.2 Å². The Morgan fingerprint density at radius 2 is 2.08 bits per heavy atom. The van der Waals surface area contributed by atoms with Crippen molar-refractivity contribution in [3.05, 3.63) is 53.9 Å². The van der Waals surface area contributed by atoms with Gasteiger partial charge in [-0.05, 0) is 31.2 Å². The summed E-state index contributed by atoms with van der Waals surface area (Å²) < 4.78 is 7.07. The molecule has 0 atom stereocenters. The summed E-state index contributed by atoms with van der Waals surface area (Å²) in [4.78, 5) is 16.7. The highest BCUT2D eigenvalue weighted by molar-refractivity contribution is 5.97. The van der Waals surface area contributed by atoms with E-state index in [1.807, 2.05) is 31.2 Å². The number of aromatic nitrogens is 2. The second kappa shape index (κ2) is 6.62. The molecule has 0 radical (unpaired) electrons. The van der Waals surface area contributed by atoms with E-state index in [-0.39, 0.29) is 17.2 Å². The summed E-state index contributed by atoms with van der Waals surface area (Å²) in [5, 5.41) is 12.7. The number of phenols is 1. The minimum Gasteiger partial charge on any atom is -0.507 e. The van der Waals surface area contributed by atoms with Gasteiger partial charge in [-0.3, -0.25) is 4.79 Å². The van der Waals surface area contributed by atoms with Gasteiger partial charge < -0.3 is 19.7 Å². The molecule has 24 heavy (non-hydrogen) atoms. The van der Waals surface area contributed by atoms with E-state index < -0.39 is 0 Å². The average Bonchev–Trinajstić information content (AvgIpc) is 2.90. The minimum absolute atomic E-state index is 0.101. The second-order valence-electron chi connectivity index (χ2n) is 5.44. The van der Waals surface area contributed by atoms with Crippen LogP contribution in [0.3, 0.4) is 0 Å². The normalized spacial score (nSPS) is 10.8. The summed E-state index contributed by atoms with van der Waals surface area (Å²) in [7, 11) is 1.51. The van der Waals surface area contributed by atoms with E-state index in [4.69, 9.17) is 4.74 Å². The van der Waals surface area contributed by atoms with E-state index in [0.717, 1.165) is 16.9 Å². The van der Waals surface area contributed by atoms with Gasteiger partial charge in [0.1, 0.15) is 17.3 Å². The lowest BCUT2D eigenvalue weighted by Crippen LogP contribution is -2.27. The summed E-state index contributed by atoms with van der Waals surface area (Å²) in [5.74, 6) is 0.982. The number of imidazole rings is 1. The van der Waals surface area contributed by atoms with E-state index in [1.165, 1.54) is 13.2 Å². The van der Waals surface area contributed by atoms with Crippen LogP contribution in [0.15, 0.2) is 42.5 Å². The molecule has 1 aromatic heterocycles. The number of hydrogen-bond acceptors (Lipinski definition) is 4. The summed E-state index contributed by atoms with van der Waals surface area (Å²) in [6.07, 6.45) is 0. The molecule has 2 N–H and O–H groups in total. The summed E-state index contributed by atoms with van der Waals surface area (Å²) in [5.41, 5.74) is 2.20. The number of aryl methyl sites for hydroxylation is 1. The van der Waals surface area contributed by atoms with Crippen molar-refractivity contribution in [2.45, 2.75) is 13.5 Å². The highest BCUT2D eigenvalue weighted by Gasteiger charge is 2.12. The van der Waals surface area contributed by atoms with Crippen LogP contribution in [0, 0.1) is 6.92 Å². The van der Waals surface area contributed by atoms with Crippen LogP contribution in [0.2, 0.25) is 0 Å². The van der Waals surface area contributed by atoms with Gasteiger partial charge in [-0.25, -0.2) is 4.98 Å². The zero-order chi connectivity index (χ0) is 17.1. The van der Waals surface area contributed by atoms with Gasteiger partial charge in [0.2, 0.25) is 0 Å². The molecule has 0 spiro atoms. The predicted molar refractivity (Wildman–Crippen MR) is 91.5 cm³/mol. The quantitative estimate of drug-likeness (QED) is 0.755. The predicted octanol–water partition coefficient (Wildman–Crippen LogP) is 2.49. The van der Waals surface area contributed by atoms with Crippen molar-refractivity contribution in [1.29, 1.82) is 0 Å². The summed E-state index contributed by atoms with van der Waals surface area (Å²) >= 11 is 0. The van der Waals surface area contributed by atoms with Gasteiger partial charge in [0.05, 0.1) is 23.7 Å². The molecule has 0 aliphatic carbocycles. The number of amides is 1. The van der Waals surface area contributed by atoms with Crippen molar-refractivity contribution >= 4 is 16.9 Å². The van der Waals surface area contributed by atoms with Crippen LogP contribution in [0.25, 0.3) is 11.0 Å². The molecule has 1 amide bonds. The molecule has 0 aliphatic heterocycles. The lowest BCUT2D eigenvalue weighted by atomic mass is 10.2. The zero-order valence-corrected chi connectivity index (χ0v) is 13.6. The summed E-state index contributed by atoms with van der Waals surface area (Å²) in [6.45, 7) is 2.98. The zero-order valence-electron chi connectivity index (χ0n) is 13.6. The van der Waals surface area contributed by atoms with Gasteiger partial charge in [0, 0.05) is 19.2 Å². The van der Waals surface area contributed by atoms with Crippen LogP contribution in [-0.2, 0) is 6.54 Å². The molecule has 2 aromatic carbocycles. The maximum atomic E-state index is 12.2. The van der Waals surface area contributed by atoms with Crippen molar-refractivity contribution in [1.82, 2.24) is 14.9 Å². The van der Waals surface area contributed by atoms with E-state index in [1.54, 1.807) is 12.1 Å². The lowest BCUT2D eigenvalue weighted by molar-refractivity contribution is 0.0949. The van der Waals surface area contributed by atoms with Gasteiger partial charge in [0.25, 0.3) is 5.91 Å². The van der Waals surface area contributed by atoms with Gasteiger partial charge >= 0.3 is 0 Å². The van der Waals surface area contributed by atoms with Crippen LogP contribution < -0.4 is 10.1 Å². The van der Waals surface area contributed by atoms with E-state index in [2.05, 4.69) is 14.9 Å². The number of nitrogens with one attached hydrogen (secondary N) is 1. The molecule has 6 heteroatoms. The molecule has 3 rings (SSSR count). The molecule has 0 fully saturated rings. The third-order valence-corrected chi connectivity index (χ3v) is 3.92. The first kappa shape index (κ1) is 15.9. The third-order valence-electron chi connectivity index (χ3n) is 3.92. The molecule has 0 bridgehead atoms. The first-order chi connectivity index (χ1) is 11.6. The van der Waals surface area contributed by atoms with Crippen molar-refractivity contribution in [3.63, 3.8) is 0 Å². The molecule has 3 aromatic rings. The fraction of sp³-hybridized carbons (Fsp3) is 0.222. The number of carbonyl (C=O) groups is 1. The third kappa shape index (κ3) is 3.03. The fourth-order valence-corrected chi connectivity index (χ4v) is 2.69. The molecule has 0 unspecified atom stereocenters. The highest BCUT2D eigenvalue weighted by Crippen LogP contribution is 2.23. The largest absolute Gasteiger partial charge is 0.507 e. The Bertz CT molecular complexity index is 886. The van der Waals surface area contributed by atoms with Crippen molar-refractivity contribution in [2.24, 2.45) is 0 Å². The average molecular weight is 325 g/mol. The first-order valence-corrected chi connectivity index (χ1v) is 7.67. The Hall–Kier alpha value is -3.02. The molecule has 1 heterocycles. The molecule has 0 saturated heterocycles. The number of benzene rings is 2. The van der Waals surface area contributed by atoms with E-state index >= 15 is 0 Å². The van der Waals surface area contributed by atoms with Crippen molar-refractivity contribution in [3.8, 4) is 11.5 Å². The van der Waals surface area contributed by atoms with Gasteiger partial charge in [-0.2, -0.15) is 0 Å². The molecule has 6 nitrogen and oxygen atoms in total. The Morgan fingerprint density at radius 3 is 2.83 bits per heavy atom. The monoisotopic (exact) mass is 325 g/mol. The van der Waals surface area contributed by atoms with Crippen LogP contribution >= 0.6 is 0 Å². The number of methoxy groups -OCH3 is 1. The van der Waals surface area contributed by atoms with Gasteiger partial charge in [-0.15, -0.1) is 0 Å². The second-order valence-corrected chi connectivity index (χ2v) is 5.44. The number of phenolic OH excluding ortho intramolecular Hbond substituents is 1. The number of rotatable bonds is 5. The number of ether oxygens (including phenoxy) is 1. The number of carbonyl (C=O) groups excluding carboxylic acids is 1. The Labute approximate surface area is 139 Å². The van der Waals surface area contributed by atoms with Gasteiger partial charge in [0.15, 0.2) is 0 Å². The van der Waals surface area contributed by atoms with Crippen molar-refractivity contribution in [2.75, 3.05) is 13.7 Å². The maximum Gasteiger partial charge on any atom is 0.255 e. The number of fused-ring (bicyclic) bond motifs is 1. The minimum atomic E-state index is -0.322. The molecular weight excluding hydrogens is 306 g/mol. The van der Waals surface area contributed by atoms with Gasteiger partial charge in [-0.1, -0.05) is 12.1 Å². The maximum absolute atomic E-state index is 12.2. The fourth-order valence-electron chi connectivity index (χ4n) is 2.69. The first-order valence-electron chi connectivity index (χ1n) is 7.67. The SMILES string of the molecule is COc1ccc(C(=O)NCCn2c(C)nc3ccccc32)c(O)c1. The molecule has 0 saturated carbocycles. The van der Waals surface area contributed by atoms with E-state index in [9.17, 15) is 9.90 Å². The van der Waals surface area contributed by atoms with Crippen molar-refractivity contribution < 1.29 is 14.6 Å². The molecule has 124 valence electrons. The highest BCUT2D eigenvalue weighted by atomic mass is 16.5. The number of aromatic hydroxyl groups is 1. The Morgan fingerprint density at radius 1 is 1.29 bits per heavy atom. The number of para-hydroxylation sites is 2. The number of hydrogen-bond donors (Lipinski definition) is 2. The Kier molecular flexibility index (Phi) is 4.37.